The van der Waals surface area contributed by atoms with Gasteiger partial charge < -0.3 is 24.6 Å². The normalized spacial score (nSPS) is 30.9. The van der Waals surface area contributed by atoms with E-state index in [2.05, 4.69) is 21.8 Å². The van der Waals surface area contributed by atoms with E-state index in [4.69, 9.17) is 26.6 Å². The number of nitrogens with zero attached hydrogens (tertiary/aromatic N) is 2. The van der Waals surface area contributed by atoms with Gasteiger partial charge in [-0.1, -0.05) is 31.0 Å². The van der Waals surface area contributed by atoms with Gasteiger partial charge >= 0.3 is 0 Å². The number of alkyl halides is 2. The zero-order valence-electron chi connectivity index (χ0n) is 30.5. The second-order valence-corrected chi connectivity index (χ2v) is 18.4. The van der Waals surface area contributed by atoms with Gasteiger partial charge in [0.2, 0.25) is 10.0 Å². The third-order valence-corrected chi connectivity index (χ3v) is 14.6. The minimum Gasteiger partial charge on any atom is -0.490 e. The number of carbonyl (C=O) groups excluding carboxylic acids is 2. The van der Waals surface area contributed by atoms with E-state index in [1.165, 1.54) is 16.0 Å². The van der Waals surface area contributed by atoms with Crippen LogP contribution >= 0.6 is 11.6 Å². The minimum absolute atomic E-state index is 0.0315. The first-order valence-corrected chi connectivity index (χ1v) is 20.8. The Hall–Kier alpha value is -2.84. The van der Waals surface area contributed by atoms with E-state index in [0.717, 1.165) is 68.5 Å². The molecule has 10 nitrogen and oxygen atoms in total. The van der Waals surface area contributed by atoms with E-state index >= 15 is 0 Å². The molecule has 2 aliphatic carbocycles. The molecule has 0 radical (unpaired) electrons. The van der Waals surface area contributed by atoms with Crippen LogP contribution in [0, 0.1) is 23.7 Å². The van der Waals surface area contributed by atoms with Crippen molar-refractivity contribution in [3.8, 4) is 5.75 Å². The van der Waals surface area contributed by atoms with Gasteiger partial charge in [-0.2, -0.15) is 0 Å². The molecule has 2 aromatic rings. The Balaban J connectivity index is 0.000000376. The Morgan fingerprint density at radius 3 is 2.45 bits per heavy atom. The molecule has 2 aromatic carbocycles. The molecule has 1 spiro atoms. The highest BCUT2D eigenvalue weighted by Crippen LogP contribution is 2.47. The summed E-state index contributed by atoms with van der Waals surface area (Å²) in [5.41, 5.74) is 3.37. The first-order valence-electron chi connectivity index (χ1n) is 18.8. The number of anilines is 1. The van der Waals surface area contributed by atoms with Crippen LogP contribution in [0.25, 0.3) is 0 Å². The number of aliphatic hydroxyl groups excluding tert-OH is 2. The summed E-state index contributed by atoms with van der Waals surface area (Å²) in [5, 5.41) is 17.2. The maximum absolute atomic E-state index is 13.3. The third-order valence-electron chi connectivity index (χ3n) is 12.5. The average molecular weight is 780 g/mol. The van der Waals surface area contributed by atoms with Crippen molar-refractivity contribution in [1.29, 1.82) is 0 Å². The van der Waals surface area contributed by atoms with Crippen molar-refractivity contribution in [3.05, 3.63) is 58.1 Å². The lowest BCUT2D eigenvalue weighted by Crippen LogP contribution is -2.61. The Morgan fingerprint density at radius 1 is 1.04 bits per heavy atom. The van der Waals surface area contributed by atoms with Gasteiger partial charge in [-0.15, -0.1) is 0 Å². The summed E-state index contributed by atoms with van der Waals surface area (Å²) in [6.07, 6.45) is 8.43. The number of aryl methyl sites for hydroxylation is 1. The summed E-state index contributed by atoms with van der Waals surface area (Å²) >= 11 is 6.39. The summed E-state index contributed by atoms with van der Waals surface area (Å²) in [6, 6.07) is 10.9. The van der Waals surface area contributed by atoms with Crippen molar-refractivity contribution in [1.82, 2.24) is 9.62 Å². The molecule has 1 amide bonds. The molecule has 0 aromatic heterocycles. The molecule has 3 aliphatic heterocycles. The summed E-state index contributed by atoms with van der Waals surface area (Å²) in [7, 11) is -3.89. The quantitative estimate of drug-likeness (QED) is 0.358. The molecule has 53 heavy (non-hydrogen) atoms. The number of hydrogen-bond donors (Lipinski definition) is 3. The largest absolute Gasteiger partial charge is 0.490 e. The number of hydrogen-bond acceptors (Lipinski definition) is 9. The highest BCUT2D eigenvalue weighted by molar-refractivity contribution is 7.90. The monoisotopic (exact) mass is 779 g/mol. The van der Waals surface area contributed by atoms with E-state index in [0.29, 0.717) is 42.7 Å². The standard InChI is InChI=1S/C33H41ClN2O5S.C6H11F2NO2/c1-21-5-3-6-26(18-37)28-11-8-25(28)17-36-19-33(14-4-7-23-15-27(34)10-12-29(23)33)20-41-31-13-9-24(16-30(31)36)32(38)35-42(39,40)22(21)2;7-6(8)3-9(4-6)5(1-10)2-11/h9-10,12-13,15-16,18,21-22,25-26,28H,3-8,11,14,17,19-20H2,1-2H3,(H,35,38);5,10-11H,1-4H2/t21-,22+,25-,26?,28+,33-;/m0./s1. The van der Waals surface area contributed by atoms with Gasteiger partial charge in [-0.3, -0.25) is 9.69 Å². The van der Waals surface area contributed by atoms with Crippen molar-refractivity contribution in [2.24, 2.45) is 23.7 Å². The number of fused-ring (bicyclic) bond motifs is 4. The molecule has 1 saturated heterocycles. The van der Waals surface area contributed by atoms with Gasteiger partial charge in [0, 0.05) is 35.0 Å². The van der Waals surface area contributed by atoms with Crippen molar-refractivity contribution in [2.45, 2.75) is 87.8 Å². The number of halogens is 3. The number of benzene rings is 2. The molecule has 1 saturated carbocycles. The van der Waals surface area contributed by atoms with E-state index < -0.39 is 33.1 Å². The van der Waals surface area contributed by atoms with Crippen LogP contribution in [0.3, 0.4) is 0 Å². The fourth-order valence-electron chi connectivity index (χ4n) is 8.90. The highest BCUT2D eigenvalue weighted by atomic mass is 35.5. The van der Waals surface area contributed by atoms with Crippen LogP contribution in [-0.4, -0.2) is 98.9 Å². The number of aldehydes is 1. The Bertz CT molecular complexity index is 1750. The number of nitrogens with one attached hydrogen (secondary N) is 1. The van der Waals surface area contributed by atoms with E-state index in [9.17, 15) is 26.8 Å². The van der Waals surface area contributed by atoms with E-state index in [-0.39, 0.29) is 43.6 Å². The van der Waals surface area contributed by atoms with Gasteiger partial charge in [-0.25, -0.2) is 21.9 Å². The van der Waals surface area contributed by atoms with Gasteiger partial charge in [-0.05, 0) is 111 Å². The Labute approximate surface area is 316 Å². The molecular weight excluding hydrogens is 728 g/mol. The maximum Gasteiger partial charge on any atom is 0.272 e. The van der Waals surface area contributed by atoms with Gasteiger partial charge in [0.1, 0.15) is 12.0 Å². The zero-order chi connectivity index (χ0) is 38.1. The summed E-state index contributed by atoms with van der Waals surface area (Å²) in [6.45, 7) is 4.30. The van der Waals surface area contributed by atoms with Gasteiger partial charge in [0.15, 0.2) is 0 Å². The number of carbonyl (C=O) groups is 2. The molecule has 14 heteroatoms. The van der Waals surface area contributed by atoms with Crippen LogP contribution < -0.4 is 14.4 Å². The van der Waals surface area contributed by atoms with Crippen molar-refractivity contribution in [3.63, 3.8) is 0 Å². The van der Waals surface area contributed by atoms with Crippen LogP contribution in [0.2, 0.25) is 5.02 Å². The minimum atomic E-state index is -3.89. The molecule has 292 valence electrons. The lowest BCUT2D eigenvalue weighted by Gasteiger charge is -2.46. The lowest BCUT2D eigenvalue weighted by atomic mass is 9.65. The van der Waals surface area contributed by atoms with Crippen LogP contribution in [0.1, 0.15) is 80.3 Å². The second kappa shape index (κ2) is 16.1. The molecular formula is C39H52ClF2N3O7S. The molecule has 2 bridgehead atoms. The number of sulfonamides is 1. The average Bonchev–Trinajstić information content (AvgIpc) is 3.25. The summed E-state index contributed by atoms with van der Waals surface area (Å²) < 4.78 is 59.7. The summed E-state index contributed by atoms with van der Waals surface area (Å²) in [4.78, 5) is 29.4. The van der Waals surface area contributed by atoms with Crippen LogP contribution in [0.5, 0.6) is 5.75 Å². The highest BCUT2D eigenvalue weighted by Gasteiger charge is 2.47. The topological polar surface area (TPSA) is 136 Å². The SMILES string of the molecule is C[C@@H]1[C@@H](C)CCCC(C=O)[C@@H]2CC[C@H]2CN2C[C@@]3(CCCc4cc(Cl)ccc43)COc3ccc(cc32)C(=O)NS1(=O)=O.OCC(CO)N1CC(F)(F)C1. The lowest BCUT2D eigenvalue weighted by molar-refractivity contribution is -0.155. The van der Waals surface area contributed by atoms with Gasteiger partial charge in [0.05, 0.1) is 49.9 Å². The van der Waals surface area contributed by atoms with Crippen molar-refractivity contribution < 1.29 is 41.7 Å². The number of rotatable bonds is 4. The molecule has 5 aliphatic rings. The van der Waals surface area contributed by atoms with Crippen LogP contribution in [0.4, 0.5) is 14.5 Å². The second-order valence-electron chi connectivity index (χ2n) is 16.0. The summed E-state index contributed by atoms with van der Waals surface area (Å²) in [5.74, 6) is -2.06. The fourth-order valence-corrected chi connectivity index (χ4v) is 10.4. The van der Waals surface area contributed by atoms with Gasteiger partial charge in [0.25, 0.3) is 11.8 Å². The number of ether oxygens (including phenoxy) is 1. The first-order chi connectivity index (χ1) is 25.2. The van der Waals surface area contributed by atoms with Crippen LogP contribution in [-0.2, 0) is 26.7 Å². The predicted molar refractivity (Wildman–Crippen MR) is 199 cm³/mol. The number of amides is 1. The smallest absolute Gasteiger partial charge is 0.272 e. The third kappa shape index (κ3) is 8.54. The Kier molecular flexibility index (Phi) is 12.1. The van der Waals surface area contributed by atoms with Crippen LogP contribution in [0.15, 0.2) is 36.4 Å². The molecule has 1 unspecified atom stereocenters. The first kappa shape index (κ1) is 39.8. The zero-order valence-corrected chi connectivity index (χ0v) is 32.1. The van der Waals surface area contributed by atoms with Crippen molar-refractivity contribution in [2.75, 3.05) is 50.9 Å². The molecule has 6 atom stereocenters. The van der Waals surface area contributed by atoms with Crippen molar-refractivity contribution >= 4 is 39.5 Å². The fraction of sp³-hybridized carbons (Fsp3) is 0.641. The maximum atomic E-state index is 13.3. The van der Waals surface area contributed by atoms with E-state index in [1.807, 2.05) is 13.0 Å². The molecule has 3 N–H and O–H groups in total. The number of aliphatic hydroxyl groups is 2. The van der Waals surface area contributed by atoms with E-state index in [1.54, 1.807) is 25.1 Å². The predicted octanol–water partition coefficient (Wildman–Crippen LogP) is 5.21. The molecule has 2 fully saturated rings. The Morgan fingerprint density at radius 2 is 1.79 bits per heavy atom. The molecule has 7 rings (SSSR count). The number of likely N-dealkylation sites (tertiary alicyclic amines) is 1. The molecule has 3 heterocycles.